The molecule has 2 amide bonds. The van der Waals surface area contributed by atoms with Crippen molar-refractivity contribution in [2.75, 3.05) is 16.4 Å². The molecule has 0 saturated carbocycles. The Morgan fingerprint density at radius 2 is 1.96 bits per heavy atom. The van der Waals surface area contributed by atoms with Crippen molar-refractivity contribution in [2.45, 2.75) is 4.90 Å². The lowest BCUT2D eigenvalue weighted by Crippen LogP contribution is -2.19. The van der Waals surface area contributed by atoms with Crippen LogP contribution in [0.1, 0.15) is 9.67 Å². The smallest absolute Gasteiger partial charge is 0.267 e. The van der Waals surface area contributed by atoms with Gasteiger partial charge in [-0.25, -0.2) is 0 Å². The molecule has 4 rings (SSSR count). The molecule has 2 N–H and O–H groups in total. The monoisotopic (exact) mass is 442 g/mol. The normalized spacial score (nSPS) is 13.4. The van der Waals surface area contributed by atoms with Crippen molar-refractivity contribution in [1.82, 2.24) is 0 Å². The van der Waals surface area contributed by atoms with E-state index in [2.05, 4.69) is 10.6 Å². The average Bonchev–Trinajstić information content (AvgIpc) is 2.91. The molecule has 1 aliphatic heterocycles. The minimum atomic E-state index is -0.349. The highest BCUT2D eigenvalue weighted by atomic mass is 35.5. The third-order valence-corrected chi connectivity index (χ3v) is 6.94. The summed E-state index contributed by atoms with van der Waals surface area (Å²) >= 11 is 21.3. The lowest BCUT2D eigenvalue weighted by molar-refractivity contribution is -0.113. The molecule has 0 unspecified atom stereocenters. The molecule has 1 aromatic heterocycles. The Balaban J connectivity index is 1.66. The molecule has 0 bridgehead atoms. The number of nitrogens with one attached hydrogen (secondary N) is 2. The molecule has 9 heteroatoms. The van der Waals surface area contributed by atoms with Gasteiger partial charge in [-0.3, -0.25) is 9.59 Å². The third-order valence-electron chi connectivity index (χ3n) is 3.73. The van der Waals surface area contributed by atoms with E-state index in [4.69, 9.17) is 34.8 Å². The van der Waals surface area contributed by atoms with Gasteiger partial charge >= 0.3 is 0 Å². The Labute approximate surface area is 171 Å². The van der Waals surface area contributed by atoms with E-state index >= 15 is 0 Å². The standard InChI is InChI=1S/C17H9Cl3N2O2S2/c18-7-3-9(19)14-12(4-7)26-16(15(14)20)17(24)21-8-1-2-11-10(5-8)22-13(23)6-25-11/h1-5H,6H2,(H,21,24)(H,22,23). The highest BCUT2D eigenvalue weighted by Gasteiger charge is 2.21. The van der Waals surface area contributed by atoms with Gasteiger partial charge in [0.1, 0.15) is 4.88 Å². The molecule has 1 aliphatic rings. The molecule has 0 atom stereocenters. The molecule has 0 spiro atoms. The first kappa shape index (κ1) is 17.9. The number of amides is 2. The maximum Gasteiger partial charge on any atom is 0.267 e. The van der Waals surface area contributed by atoms with Crippen molar-refractivity contribution in [1.29, 1.82) is 0 Å². The van der Waals surface area contributed by atoms with E-state index in [0.29, 0.717) is 42.5 Å². The summed E-state index contributed by atoms with van der Waals surface area (Å²) in [4.78, 5) is 25.5. The number of thiophene rings is 1. The van der Waals surface area contributed by atoms with E-state index in [1.807, 2.05) is 6.07 Å². The number of hydrogen-bond donors (Lipinski definition) is 2. The van der Waals surface area contributed by atoms with E-state index < -0.39 is 0 Å². The molecule has 2 heterocycles. The van der Waals surface area contributed by atoms with Crippen LogP contribution in [0.2, 0.25) is 15.1 Å². The number of rotatable bonds is 2. The molecule has 26 heavy (non-hydrogen) atoms. The van der Waals surface area contributed by atoms with Crippen molar-refractivity contribution in [2.24, 2.45) is 0 Å². The van der Waals surface area contributed by atoms with Crippen LogP contribution in [0.15, 0.2) is 35.2 Å². The lowest BCUT2D eigenvalue weighted by Gasteiger charge is -2.17. The van der Waals surface area contributed by atoms with Crippen LogP contribution < -0.4 is 10.6 Å². The second-order valence-electron chi connectivity index (χ2n) is 5.51. The predicted molar refractivity (Wildman–Crippen MR) is 111 cm³/mol. The molecule has 0 radical (unpaired) electrons. The van der Waals surface area contributed by atoms with E-state index in [0.717, 1.165) is 9.60 Å². The van der Waals surface area contributed by atoms with Crippen LogP contribution >= 0.6 is 57.9 Å². The first-order chi connectivity index (χ1) is 12.4. The molecule has 2 aromatic carbocycles. The fourth-order valence-electron chi connectivity index (χ4n) is 2.61. The number of carbonyl (C=O) groups is 2. The highest BCUT2D eigenvalue weighted by molar-refractivity contribution is 8.00. The summed E-state index contributed by atoms with van der Waals surface area (Å²) < 4.78 is 0.742. The van der Waals surface area contributed by atoms with Crippen molar-refractivity contribution >= 4 is 91.2 Å². The minimum Gasteiger partial charge on any atom is -0.324 e. The largest absolute Gasteiger partial charge is 0.324 e. The Bertz CT molecular complexity index is 1080. The zero-order valence-corrected chi connectivity index (χ0v) is 16.8. The summed E-state index contributed by atoms with van der Waals surface area (Å²) in [7, 11) is 0. The van der Waals surface area contributed by atoms with Crippen LogP contribution in [0.25, 0.3) is 10.1 Å². The number of benzene rings is 2. The Morgan fingerprint density at radius 3 is 2.77 bits per heavy atom. The summed E-state index contributed by atoms with van der Waals surface area (Å²) in [6.07, 6.45) is 0. The Morgan fingerprint density at radius 1 is 1.15 bits per heavy atom. The van der Waals surface area contributed by atoms with Crippen LogP contribution in [0.5, 0.6) is 0 Å². The van der Waals surface area contributed by atoms with Gasteiger partial charge in [-0.15, -0.1) is 23.1 Å². The van der Waals surface area contributed by atoms with Gasteiger partial charge in [0.25, 0.3) is 5.91 Å². The summed E-state index contributed by atoms with van der Waals surface area (Å²) in [6, 6.07) is 8.68. The first-order valence-electron chi connectivity index (χ1n) is 7.37. The molecule has 132 valence electrons. The molecule has 0 saturated heterocycles. The summed E-state index contributed by atoms with van der Waals surface area (Å²) in [5, 5.41) is 7.40. The molecular formula is C17H9Cl3N2O2S2. The Kier molecular flexibility index (Phi) is 4.79. The van der Waals surface area contributed by atoms with Crippen molar-refractivity contribution in [3.8, 4) is 0 Å². The van der Waals surface area contributed by atoms with Crippen LogP contribution in [0, 0.1) is 0 Å². The summed E-state index contributed by atoms with van der Waals surface area (Å²) in [5.41, 5.74) is 1.25. The Hall–Kier alpha value is -1.44. The van der Waals surface area contributed by atoms with Gasteiger partial charge < -0.3 is 10.6 Å². The maximum absolute atomic E-state index is 12.7. The van der Waals surface area contributed by atoms with Crippen LogP contribution in [-0.4, -0.2) is 17.6 Å². The fraction of sp³-hybridized carbons (Fsp3) is 0.0588. The van der Waals surface area contributed by atoms with Gasteiger partial charge in [0.15, 0.2) is 0 Å². The average molecular weight is 444 g/mol. The number of anilines is 2. The molecule has 0 aliphatic carbocycles. The van der Waals surface area contributed by atoms with Gasteiger partial charge in [0.05, 0.1) is 21.5 Å². The SMILES string of the molecule is O=C1CSc2ccc(NC(=O)c3sc4cc(Cl)cc(Cl)c4c3Cl)cc2N1. The number of halogens is 3. The van der Waals surface area contributed by atoms with E-state index in [1.165, 1.54) is 23.1 Å². The van der Waals surface area contributed by atoms with Gasteiger partial charge in [-0.1, -0.05) is 34.8 Å². The van der Waals surface area contributed by atoms with Gasteiger partial charge in [0.2, 0.25) is 5.91 Å². The topological polar surface area (TPSA) is 58.2 Å². The number of carbonyl (C=O) groups excluding carboxylic acids is 2. The van der Waals surface area contributed by atoms with Crippen molar-refractivity contribution < 1.29 is 9.59 Å². The van der Waals surface area contributed by atoms with Crippen LogP contribution in [0.3, 0.4) is 0 Å². The van der Waals surface area contributed by atoms with Crippen LogP contribution in [-0.2, 0) is 4.79 Å². The lowest BCUT2D eigenvalue weighted by atomic mass is 10.2. The highest BCUT2D eigenvalue weighted by Crippen LogP contribution is 2.41. The second kappa shape index (κ2) is 6.94. The quantitative estimate of drug-likeness (QED) is 0.499. The number of thioether (sulfide) groups is 1. The number of fused-ring (bicyclic) bond motifs is 2. The molecule has 3 aromatic rings. The van der Waals surface area contributed by atoms with Gasteiger partial charge in [-0.05, 0) is 30.3 Å². The van der Waals surface area contributed by atoms with Crippen LogP contribution in [0.4, 0.5) is 11.4 Å². The zero-order valence-electron chi connectivity index (χ0n) is 12.9. The third kappa shape index (κ3) is 3.28. The maximum atomic E-state index is 12.7. The fourth-order valence-corrected chi connectivity index (χ4v) is 5.67. The van der Waals surface area contributed by atoms with Crippen molar-refractivity contribution in [3.05, 3.63) is 50.3 Å². The van der Waals surface area contributed by atoms with Gasteiger partial charge in [-0.2, -0.15) is 0 Å². The van der Waals surface area contributed by atoms with E-state index in [1.54, 1.807) is 24.3 Å². The minimum absolute atomic E-state index is 0.0648. The number of hydrogen-bond acceptors (Lipinski definition) is 4. The summed E-state index contributed by atoms with van der Waals surface area (Å²) in [6.45, 7) is 0. The molecular weight excluding hydrogens is 435 g/mol. The molecule has 0 fully saturated rings. The predicted octanol–water partition coefficient (Wildman–Crippen LogP) is 6.16. The molecule has 4 nitrogen and oxygen atoms in total. The van der Waals surface area contributed by atoms with E-state index in [9.17, 15) is 9.59 Å². The first-order valence-corrected chi connectivity index (χ1v) is 10.3. The zero-order chi connectivity index (χ0) is 18.4. The summed E-state index contributed by atoms with van der Waals surface area (Å²) in [5.74, 6) is -0.0254. The van der Waals surface area contributed by atoms with Crippen molar-refractivity contribution in [3.63, 3.8) is 0 Å². The second-order valence-corrected chi connectivity index (χ2v) is 8.80. The van der Waals surface area contributed by atoms with E-state index in [-0.39, 0.29) is 11.8 Å². The van der Waals surface area contributed by atoms with Gasteiger partial charge in [0, 0.05) is 25.7 Å².